The van der Waals surface area contributed by atoms with E-state index in [0.29, 0.717) is 12.5 Å². The van der Waals surface area contributed by atoms with E-state index in [9.17, 15) is 0 Å². The lowest BCUT2D eigenvalue weighted by atomic mass is 10.0. The summed E-state index contributed by atoms with van der Waals surface area (Å²) in [7, 11) is 3.29. The van der Waals surface area contributed by atoms with Gasteiger partial charge in [-0.1, -0.05) is 18.2 Å². The first-order valence-corrected chi connectivity index (χ1v) is 8.57. The fourth-order valence-corrected chi connectivity index (χ4v) is 3.24. The molecule has 1 aliphatic rings. The predicted octanol–water partition coefficient (Wildman–Crippen LogP) is 3.22. The fourth-order valence-electron chi connectivity index (χ4n) is 3.24. The molecule has 0 N–H and O–H groups in total. The van der Waals surface area contributed by atoms with Crippen LogP contribution in [0.15, 0.2) is 48.8 Å². The summed E-state index contributed by atoms with van der Waals surface area (Å²) in [6, 6.07) is 14.4. The zero-order valence-corrected chi connectivity index (χ0v) is 14.9. The van der Waals surface area contributed by atoms with Crippen LogP contribution in [0, 0.1) is 0 Å². The summed E-state index contributed by atoms with van der Waals surface area (Å²) < 4.78 is 16.5. The number of anilines is 1. The summed E-state index contributed by atoms with van der Waals surface area (Å²) in [4.78, 5) is 10.7. The molecule has 2 aromatic carbocycles. The van der Waals surface area contributed by atoms with Gasteiger partial charge >= 0.3 is 0 Å². The third kappa shape index (κ3) is 3.28. The summed E-state index contributed by atoms with van der Waals surface area (Å²) in [5, 5.41) is 2.33. The molecular weight excluding hydrogens is 330 g/mol. The number of hydrogen-bond donors (Lipinski definition) is 0. The van der Waals surface area contributed by atoms with Crippen LogP contribution in [0.1, 0.15) is 11.7 Å². The highest BCUT2D eigenvalue weighted by atomic mass is 16.5. The minimum absolute atomic E-state index is 0.00351. The maximum Gasteiger partial charge on any atom is 0.218 e. The smallest absolute Gasteiger partial charge is 0.218 e. The van der Waals surface area contributed by atoms with Gasteiger partial charge in [-0.2, -0.15) is 0 Å². The Labute approximate surface area is 152 Å². The Bertz CT molecular complexity index is 916. The van der Waals surface area contributed by atoms with E-state index in [1.54, 1.807) is 14.2 Å². The quantitative estimate of drug-likeness (QED) is 0.719. The SMILES string of the molecule is COc1ccc2cc(C3CN(c4cc(OC)ncn4)CCO3)ccc2c1. The largest absolute Gasteiger partial charge is 0.497 e. The highest BCUT2D eigenvalue weighted by molar-refractivity contribution is 5.84. The van der Waals surface area contributed by atoms with Crippen LogP contribution in [-0.2, 0) is 4.74 Å². The molecule has 0 amide bonds. The lowest BCUT2D eigenvalue weighted by molar-refractivity contribution is 0.0396. The Morgan fingerprint density at radius 3 is 2.69 bits per heavy atom. The zero-order chi connectivity index (χ0) is 17.9. The number of methoxy groups -OCH3 is 2. The summed E-state index contributed by atoms with van der Waals surface area (Å²) in [6.45, 7) is 2.18. The number of nitrogens with zero attached hydrogens (tertiary/aromatic N) is 3. The minimum Gasteiger partial charge on any atom is -0.497 e. The van der Waals surface area contributed by atoms with Gasteiger partial charge in [0.25, 0.3) is 0 Å². The number of morpholine rings is 1. The van der Waals surface area contributed by atoms with Crippen LogP contribution in [-0.4, -0.2) is 43.9 Å². The molecule has 0 bridgehead atoms. The molecule has 6 nitrogen and oxygen atoms in total. The second-order valence-corrected chi connectivity index (χ2v) is 6.20. The Balaban J connectivity index is 1.58. The van der Waals surface area contributed by atoms with Crippen molar-refractivity contribution in [2.75, 3.05) is 38.8 Å². The lowest BCUT2D eigenvalue weighted by Crippen LogP contribution is -2.38. The van der Waals surface area contributed by atoms with E-state index >= 15 is 0 Å². The molecule has 0 aliphatic carbocycles. The van der Waals surface area contributed by atoms with Crippen LogP contribution in [0.25, 0.3) is 10.8 Å². The van der Waals surface area contributed by atoms with Crippen molar-refractivity contribution in [2.24, 2.45) is 0 Å². The normalized spacial score (nSPS) is 17.3. The Kier molecular flexibility index (Phi) is 4.58. The first-order chi connectivity index (χ1) is 12.8. The topological polar surface area (TPSA) is 56.7 Å². The molecule has 26 heavy (non-hydrogen) atoms. The third-order valence-corrected chi connectivity index (χ3v) is 4.67. The van der Waals surface area contributed by atoms with Crippen molar-refractivity contribution in [3.63, 3.8) is 0 Å². The second kappa shape index (κ2) is 7.17. The van der Waals surface area contributed by atoms with Gasteiger partial charge in [0.05, 0.1) is 20.8 Å². The first-order valence-electron chi connectivity index (χ1n) is 8.57. The van der Waals surface area contributed by atoms with Gasteiger partial charge in [0.1, 0.15) is 24.0 Å². The second-order valence-electron chi connectivity index (χ2n) is 6.20. The van der Waals surface area contributed by atoms with Gasteiger partial charge in [0.15, 0.2) is 0 Å². The molecule has 3 aromatic rings. The molecule has 2 heterocycles. The monoisotopic (exact) mass is 351 g/mol. The highest BCUT2D eigenvalue weighted by Gasteiger charge is 2.23. The van der Waals surface area contributed by atoms with Gasteiger partial charge in [-0.3, -0.25) is 0 Å². The number of ether oxygens (including phenoxy) is 3. The van der Waals surface area contributed by atoms with E-state index in [2.05, 4.69) is 39.1 Å². The van der Waals surface area contributed by atoms with Crippen molar-refractivity contribution in [3.05, 3.63) is 54.4 Å². The molecule has 0 saturated carbocycles. The van der Waals surface area contributed by atoms with E-state index in [1.807, 2.05) is 18.2 Å². The molecule has 134 valence electrons. The number of fused-ring (bicyclic) bond motifs is 1. The van der Waals surface area contributed by atoms with E-state index in [4.69, 9.17) is 14.2 Å². The number of hydrogen-bond acceptors (Lipinski definition) is 6. The summed E-state index contributed by atoms with van der Waals surface area (Å²) >= 11 is 0. The summed E-state index contributed by atoms with van der Waals surface area (Å²) in [5.74, 6) is 2.29. The van der Waals surface area contributed by atoms with Crippen LogP contribution < -0.4 is 14.4 Å². The summed E-state index contributed by atoms with van der Waals surface area (Å²) in [5.41, 5.74) is 1.16. The fraction of sp³-hybridized carbons (Fsp3) is 0.300. The molecule has 4 rings (SSSR count). The van der Waals surface area contributed by atoms with Crippen LogP contribution in [0.4, 0.5) is 5.82 Å². The van der Waals surface area contributed by atoms with E-state index in [-0.39, 0.29) is 6.10 Å². The van der Waals surface area contributed by atoms with Gasteiger partial charge < -0.3 is 19.1 Å². The molecule has 0 radical (unpaired) electrons. The minimum atomic E-state index is -0.00351. The van der Waals surface area contributed by atoms with Gasteiger partial charge in [-0.15, -0.1) is 0 Å². The first kappa shape index (κ1) is 16.6. The van der Waals surface area contributed by atoms with Crippen molar-refractivity contribution in [2.45, 2.75) is 6.10 Å². The molecule has 1 aromatic heterocycles. The molecule has 6 heteroatoms. The molecule has 1 aliphatic heterocycles. The zero-order valence-electron chi connectivity index (χ0n) is 14.9. The highest BCUT2D eigenvalue weighted by Crippen LogP contribution is 2.29. The maximum absolute atomic E-state index is 6.03. The van der Waals surface area contributed by atoms with E-state index < -0.39 is 0 Å². The van der Waals surface area contributed by atoms with Crippen LogP contribution >= 0.6 is 0 Å². The van der Waals surface area contributed by atoms with Crippen molar-refractivity contribution in [1.29, 1.82) is 0 Å². The van der Waals surface area contributed by atoms with Crippen molar-refractivity contribution in [1.82, 2.24) is 9.97 Å². The van der Waals surface area contributed by atoms with Gasteiger partial charge in [-0.25, -0.2) is 9.97 Å². The molecule has 1 atom stereocenters. The van der Waals surface area contributed by atoms with Gasteiger partial charge in [-0.05, 0) is 34.5 Å². The Morgan fingerprint density at radius 2 is 1.85 bits per heavy atom. The van der Waals surface area contributed by atoms with Gasteiger partial charge in [0.2, 0.25) is 5.88 Å². The summed E-state index contributed by atoms with van der Waals surface area (Å²) in [6.07, 6.45) is 1.53. The van der Waals surface area contributed by atoms with Crippen LogP contribution in [0.5, 0.6) is 11.6 Å². The van der Waals surface area contributed by atoms with Gasteiger partial charge in [0, 0.05) is 19.2 Å². The predicted molar refractivity (Wildman–Crippen MR) is 100.0 cm³/mol. The molecule has 1 saturated heterocycles. The Morgan fingerprint density at radius 1 is 1.00 bits per heavy atom. The third-order valence-electron chi connectivity index (χ3n) is 4.67. The molecular formula is C20H21N3O3. The molecule has 1 unspecified atom stereocenters. The van der Waals surface area contributed by atoms with Crippen molar-refractivity contribution >= 4 is 16.6 Å². The lowest BCUT2D eigenvalue weighted by Gasteiger charge is -2.34. The van der Waals surface area contributed by atoms with E-state index in [0.717, 1.165) is 35.6 Å². The van der Waals surface area contributed by atoms with Crippen LogP contribution in [0.2, 0.25) is 0 Å². The average Bonchev–Trinajstić information content (AvgIpc) is 2.73. The molecule has 1 fully saturated rings. The maximum atomic E-state index is 6.03. The van der Waals surface area contributed by atoms with Crippen molar-refractivity contribution < 1.29 is 14.2 Å². The van der Waals surface area contributed by atoms with E-state index in [1.165, 1.54) is 11.7 Å². The number of aromatic nitrogens is 2. The van der Waals surface area contributed by atoms with Crippen molar-refractivity contribution in [3.8, 4) is 11.6 Å². The molecule has 0 spiro atoms. The number of benzene rings is 2. The Hall–Kier alpha value is -2.86. The number of rotatable bonds is 4. The average molecular weight is 351 g/mol. The standard InChI is InChI=1S/C20H21N3O3/c1-24-17-6-5-14-9-16(4-3-15(14)10-17)18-12-23(7-8-26-18)19-11-20(25-2)22-13-21-19/h3-6,9-11,13,18H,7-8,12H2,1-2H3. The van der Waals surface area contributed by atoms with Crippen LogP contribution in [0.3, 0.4) is 0 Å².